The minimum atomic E-state index is -0.971. The van der Waals surface area contributed by atoms with Crippen molar-refractivity contribution < 1.29 is 9.13 Å². The number of piperidine rings is 1. The number of alkyl halides is 1. The van der Waals surface area contributed by atoms with Gasteiger partial charge in [0.25, 0.3) is 0 Å². The van der Waals surface area contributed by atoms with E-state index in [9.17, 15) is 4.39 Å². The second-order valence-corrected chi connectivity index (χ2v) is 3.68. The summed E-state index contributed by atoms with van der Waals surface area (Å²) in [5.41, 5.74) is 0.824. The first-order valence-corrected chi connectivity index (χ1v) is 5.07. The van der Waals surface area contributed by atoms with Gasteiger partial charge in [-0.3, -0.25) is 0 Å². The summed E-state index contributed by atoms with van der Waals surface area (Å²) in [4.78, 5) is 0. The Hall–Kier alpha value is -1.23. The van der Waals surface area contributed by atoms with Crippen LogP contribution in [0.1, 0.15) is 12.1 Å². The predicted molar refractivity (Wildman–Crippen MR) is 53.6 cm³/mol. The van der Waals surface area contributed by atoms with E-state index < -0.39 is 12.3 Å². The van der Waals surface area contributed by atoms with Crippen molar-refractivity contribution in [3.8, 4) is 5.88 Å². The smallest absolute Gasteiger partial charge is 0.233 e. The molecule has 0 saturated carbocycles. The average molecular weight is 211 g/mol. The largest absolute Gasteiger partial charge is 0.470 e. The maximum Gasteiger partial charge on any atom is 0.233 e. The van der Waals surface area contributed by atoms with Crippen molar-refractivity contribution in [2.24, 2.45) is 0 Å². The minimum Gasteiger partial charge on any atom is -0.470 e. The highest BCUT2D eigenvalue weighted by atomic mass is 19.1. The number of ether oxygens (including phenoxy) is 1. The Morgan fingerprint density at radius 3 is 3.00 bits per heavy atom. The van der Waals surface area contributed by atoms with Crippen molar-refractivity contribution in [1.82, 2.24) is 15.5 Å². The van der Waals surface area contributed by atoms with Gasteiger partial charge in [0.05, 0.1) is 5.69 Å². The predicted octanol–water partition coefficient (Wildman–Crippen LogP) is 0.864. The Bertz CT molecular complexity index is 317. The molecule has 1 fully saturated rings. The lowest BCUT2D eigenvalue weighted by atomic mass is 10.1. The second-order valence-electron chi connectivity index (χ2n) is 3.68. The normalized spacial score (nSPS) is 26.3. The van der Waals surface area contributed by atoms with Crippen molar-refractivity contribution in [3.63, 3.8) is 0 Å². The fourth-order valence-electron chi connectivity index (χ4n) is 1.53. The number of rotatable bonds is 2. The summed E-state index contributed by atoms with van der Waals surface area (Å²) in [7, 11) is 0. The zero-order valence-electron chi connectivity index (χ0n) is 8.61. The maximum atomic E-state index is 13.4. The monoisotopic (exact) mass is 211 g/mol. The molecule has 1 aromatic rings. The van der Waals surface area contributed by atoms with Crippen LogP contribution >= 0.6 is 0 Å². The third-order valence-electron chi connectivity index (χ3n) is 2.39. The van der Waals surface area contributed by atoms with Crippen molar-refractivity contribution in [2.75, 3.05) is 13.1 Å². The second kappa shape index (κ2) is 4.53. The molecule has 0 amide bonds. The highest BCUT2D eigenvalue weighted by Gasteiger charge is 2.26. The molecule has 15 heavy (non-hydrogen) atoms. The highest BCUT2D eigenvalue weighted by Crippen LogP contribution is 2.15. The van der Waals surface area contributed by atoms with E-state index in [1.807, 2.05) is 6.92 Å². The summed E-state index contributed by atoms with van der Waals surface area (Å²) >= 11 is 0. The van der Waals surface area contributed by atoms with E-state index in [1.165, 1.54) is 0 Å². The maximum absolute atomic E-state index is 13.4. The van der Waals surface area contributed by atoms with E-state index in [0.29, 0.717) is 18.8 Å². The third-order valence-corrected chi connectivity index (χ3v) is 2.39. The zero-order valence-corrected chi connectivity index (χ0v) is 8.61. The molecule has 0 unspecified atom stereocenters. The summed E-state index contributed by atoms with van der Waals surface area (Å²) in [6.07, 6.45) is -0.707. The van der Waals surface area contributed by atoms with Gasteiger partial charge in [0.1, 0.15) is 12.3 Å². The van der Waals surface area contributed by atoms with Crippen LogP contribution in [0.25, 0.3) is 0 Å². The van der Waals surface area contributed by atoms with E-state index in [1.54, 1.807) is 12.1 Å². The van der Waals surface area contributed by atoms with Crippen LogP contribution in [0.4, 0.5) is 4.39 Å². The van der Waals surface area contributed by atoms with Gasteiger partial charge in [-0.25, -0.2) is 4.39 Å². The van der Waals surface area contributed by atoms with E-state index in [-0.39, 0.29) is 0 Å². The molecular weight excluding hydrogens is 197 g/mol. The van der Waals surface area contributed by atoms with Crippen LogP contribution in [0.2, 0.25) is 0 Å². The van der Waals surface area contributed by atoms with Crippen molar-refractivity contribution in [2.45, 2.75) is 25.6 Å². The number of aryl methyl sites for hydroxylation is 1. The summed E-state index contributed by atoms with van der Waals surface area (Å²) < 4.78 is 18.8. The molecule has 0 aliphatic carbocycles. The Kier molecular flexibility index (Phi) is 3.11. The Morgan fingerprint density at radius 1 is 1.47 bits per heavy atom. The molecule has 2 atom stereocenters. The zero-order chi connectivity index (χ0) is 10.7. The molecular formula is C10H14FN3O. The van der Waals surface area contributed by atoms with Crippen LogP contribution in [0.5, 0.6) is 5.88 Å². The van der Waals surface area contributed by atoms with Crippen LogP contribution in [-0.2, 0) is 0 Å². The van der Waals surface area contributed by atoms with Crippen molar-refractivity contribution >= 4 is 0 Å². The Balaban J connectivity index is 1.98. The van der Waals surface area contributed by atoms with E-state index in [4.69, 9.17) is 4.74 Å². The Labute approximate surface area is 87.9 Å². The molecule has 1 aliphatic heterocycles. The lowest BCUT2D eigenvalue weighted by Crippen LogP contribution is -2.44. The molecule has 1 saturated heterocycles. The van der Waals surface area contributed by atoms with Crippen molar-refractivity contribution in [3.05, 3.63) is 17.8 Å². The number of aromatic nitrogens is 2. The highest BCUT2D eigenvalue weighted by molar-refractivity contribution is 5.11. The summed E-state index contributed by atoms with van der Waals surface area (Å²) in [5, 5.41) is 10.7. The molecule has 0 aromatic carbocycles. The lowest BCUT2D eigenvalue weighted by molar-refractivity contribution is 0.0685. The van der Waals surface area contributed by atoms with Crippen LogP contribution in [-0.4, -0.2) is 35.6 Å². The van der Waals surface area contributed by atoms with Gasteiger partial charge in [0, 0.05) is 12.6 Å². The van der Waals surface area contributed by atoms with Gasteiger partial charge in [-0.15, -0.1) is 5.10 Å². The van der Waals surface area contributed by atoms with Crippen molar-refractivity contribution in [1.29, 1.82) is 0 Å². The molecule has 2 rings (SSSR count). The minimum absolute atomic E-state index is 0.351. The van der Waals surface area contributed by atoms with Gasteiger partial charge < -0.3 is 10.1 Å². The first-order valence-electron chi connectivity index (χ1n) is 5.07. The molecule has 82 valence electrons. The quantitative estimate of drug-likeness (QED) is 0.788. The molecule has 2 heterocycles. The van der Waals surface area contributed by atoms with Gasteiger partial charge in [0.15, 0.2) is 0 Å². The summed E-state index contributed by atoms with van der Waals surface area (Å²) in [5.74, 6) is 0.398. The molecule has 1 aliphatic rings. The van der Waals surface area contributed by atoms with E-state index >= 15 is 0 Å². The molecule has 5 heteroatoms. The fourth-order valence-corrected chi connectivity index (χ4v) is 1.53. The first-order chi connectivity index (χ1) is 7.25. The van der Waals surface area contributed by atoms with Gasteiger partial charge in [0.2, 0.25) is 5.88 Å². The third kappa shape index (κ3) is 2.62. The topological polar surface area (TPSA) is 47.0 Å². The summed E-state index contributed by atoms with van der Waals surface area (Å²) in [6, 6.07) is 3.52. The molecule has 4 nitrogen and oxygen atoms in total. The Morgan fingerprint density at radius 2 is 2.33 bits per heavy atom. The van der Waals surface area contributed by atoms with Gasteiger partial charge in [-0.05, 0) is 26.0 Å². The molecule has 1 N–H and O–H groups in total. The average Bonchev–Trinajstić information content (AvgIpc) is 2.25. The number of nitrogens with one attached hydrogen (secondary N) is 1. The standard InChI is InChI=1S/C10H14FN3O/c1-7-2-3-10(14-13-7)15-9-4-5-12-6-8(9)11/h2-3,8-9,12H,4-6H2,1H3/t8-,9+/m0/s1. The summed E-state index contributed by atoms with van der Waals surface area (Å²) in [6.45, 7) is 2.98. The number of hydrogen-bond donors (Lipinski definition) is 1. The van der Waals surface area contributed by atoms with Crippen LogP contribution in [0, 0.1) is 6.92 Å². The molecule has 0 bridgehead atoms. The SMILES string of the molecule is Cc1ccc(O[C@@H]2CCNC[C@@H]2F)nn1. The van der Waals surface area contributed by atoms with Crippen LogP contribution < -0.4 is 10.1 Å². The van der Waals surface area contributed by atoms with Gasteiger partial charge in [-0.2, -0.15) is 5.10 Å². The van der Waals surface area contributed by atoms with Crippen LogP contribution in [0.15, 0.2) is 12.1 Å². The molecule has 0 radical (unpaired) electrons. The van der Waals surface area contributed by atoms with Gasteiger partial charge in [-0.1, -0.05) is 0 Å². The first kappa shape index (κ1) is 10.3. The van der Waals surface area contributed by atoms with Crippen LogP contribution in [0.3, 0.4) is 0 Å². The van der Waals surface area contributed by atoms with Gasteiger partial charge >= 0.3 is 0 Å². The number of halogens is 1. The number of hydrogen-bond acceptors (Lipinski definition) is 4. The van der Waals surface area contributed by atoms with E-state index in [0.717, 1.165) is 12.2 Å². The molecule has 0 spiro atoms. The molecule has 1 aromatic heterocycles. The van der Waals surface area contributed by atoms with E-state index in [2.05, 4.69) is 15.5 Å². The fraction of sp³-hybridized carbons (Fsp3) is 0.600. The lowest BCUT2D eigenvalue weighted by Gasteiger charge is -2.26. The number of nitrogens with zero attached hydrogens (tertiary/aromatic N) is 2.